The lowest BCUT2D eigenvalue weighted by atomic mass is 10.1. The van der Waals surface area contributed by atoms with Crippen molar-refractivity contribution in [1.29, 1.82) is 0 Å². The molecule has 8 nitrogen and oxygen atoms in total. The van der Waals surface area contributed by atoms with Gasteiger partial charge in [0.25, 0.3) is 0 Å². The number of ether oxygens (including phenoxy) is 3. The molecule has 170 valence electrons. The molecule has 0 aliphatic carbocycles. The molecule has 1 amide bonds. The van der Waals surface area contributed by atoms with Crippen LogP contribution >= 0.6 is 0 Å². The summed E-state index contributed by atoms with van der Waals surface area (Å²) in [7, 11) is -0.800. The normalized spacial score (nSPS) is 12.1. The van der Waals surface area contributed by atoms with Crippen molar-refractivity contribution >= 4 is 21.6 Å². The number of carbonyl (C=O) groups is 1. The van der Waals surface area contributed by atoms with Gasteiger partial charge < -0.3 is 19.5 Å². The van der Waals surface area contributed by atoms with Crippen LogP contribution < -0.4 is 23.8 Å². The highest BCUT2D eigenvalue weighted by molar-refractivity contribution is 7.92. The van der Waals surface area contributed by atoms with Gasteiger partial charge >= 0.3 is 0 Å². The molecule has 1 N–H and O–H groups in total. The number of anilines is 1. The third-order valence-corrected chi connectivity index (χ3v) is 5.82. The number of aryl methyl sites for hydroxylation is 2. The SMILES string of the molecule is COc1ccc(N(C(C)C(=O)NCCOc2cc(C)cc(C)c2)S(C)(=O)=O)cc1OC. The fourth-order valence-electron chi connectivity index (χ4n) is 3.28. The van der Waals surface area contributed by atoms with E-state index >= 15 is 0 Å². The van der Waals surface area contributed by atoms with Crippen molar-refractivity contribution < 1.29 is 27.4 Å². The second kappa shape index (κ2) is 10.4. The predicted molar refractivity (Wildman–Crippen MR) is 121 cm³/mol. The van der Waals surface area contributed by atoms with E-state index in [-0.39, 0.29) is 13.2 Å². The fourth-order valence-corrected chi connectivity index (χ4v) is 4.44. The molecule has 0 heterocycles. The summed E-state index contributed by atoms with van der Waals surface area (Å²) in [5.41, 5.74) is 2.48. The predicted octanol–water partition coefficient (Wildman–Crippen LogP) is 2.67. The number of hydrogen-bond donors (Lipinski definition) is 1. The maximum absolute atomic E-state index is 12.7. The van der Waals surface area contributed by atoms with Crippen LogP contribution in [0.4, 0.5) is 5.69 Å². The molecule has 0 spiro atoms. The van der Waals surface area contributed by atoms with Gasteiger partial charge in [0.05, 0.1) is 32.7 Å². The van der Waals surface area contributed by atoms with Gasteiger partial charge in [-0.1, -0.05) is 6.07 Å². The first-order valence-corrected chi connectivity index (χ1v) is 11.6. The summed E-state index contributed by atoms with van der Waals surface area (Å²) in [6, 6.07) is 9.58. The van der Waals surface area contributed by atoms with E-state index < -0.39 is 22.0 Å². The summed E-state index contributed by atoms with van der Waals surface area (Å²) in [4.78, 5) is 12.7. The molecule has 0 radical (unpaired) electrons. The molecule has 2 rings (SSSR count). The van der Waals surface area contributed by atoms with Crippen LogP contribution in [0.3, 0.4) is 0 Å². The van der Waals surface area contributed by atoms with Crippen molar-refractivity contribution in [2.75, 3.05) is 37.9 Å². The molecule has 31 heavy (non-hydrogen) atoms. The van der Waals surface area contributed by atoms with Crippen LogP contribution in [0.15, 0.2) is 36.4 Å². The van der Waals surface area contributed by atoms with Gasteiger partial charge in [0.15, 0.2) is 11.5 Å². The minimum Gasteiger partial charge on any atom is -0.493 e. The lowest BCUT2D eigenvalue weighted by Gasteiger charge is -2.28. The Hall–Kier alpha value is -2.94. The second-order valence-electron chi connectivity index (χ2n) is 7.24. The molecule has 1 atom stereocenters. The Bertz CT molecular complexity index is 1000. The highest BCUT2D eigenvalue weighted by Crippen LogP contribution is 2.33. The van der Waals surface area contributed by atoms with Crippen LogP contribution in [0.5, 0.6) is 17.2 Å². The Balaban J connectivity index is 2.07. The zero-order valence-electron chi connectivity index (χ0n) is 18.8. The maximum Gasteiger partial charge on any atom is 0.243 e. The number of nitrogens with zero attached hydrogens (tertiary/aromatic N) is 1. The highest BCUT2D eigenvalue weighted by Gasteiger charge is 2.29. The number of hydrogen-bond acceptors (Lipinski definition) is 6. The molecule has 0 bridgehead atoms. The van der Waals surface area contributed by atoms with Crippen molar-refractivity contribution in [1.82, 2.24) is 5.32 Å². The number of nitrogens with one attached hydrogen (secondary N) is 1. The summed E-state index contributed by atoms with van der Waals surface area (Å²) in [5, 5.41) is 2.73. The van der Waals surface area contributed by atoms with Gasteiger partial charge in [-0.2, -0.15) is 0 Å². The smallest absolute Gasteiger partial charge is 0.243 e. The van der Waals surface area contributed by atoms with E-state index in [1.807, 2.05) is 32.0 Å². The highest BCUT2D eigenvalue weighted by atomic mass is 32.2. The maximum atomic E-state index is 12.7. The Morgan fingerprint density at radius 3 is 2.19 bits per heavy atom. The number of methoxy groups -OCH3 is 2. The van der Waals surface area contributed by atoms with Crippen molar-refractivity contribution in [3.63, 3.8) is 0 Å². The van der Waals surface area contributed by atoms with Gasteiger partial charge in [0.1, 0.15) is 18.4 Å². The molecule has 2 aromatic rings. The van der Waals surface area contributed by atoms with Crippen LogP contribution in [0.1, 0.15) is 18.1 Å². The van der Waals surface area contributed by atoms with Crippen molar-refractivity contribution in [3.05, 3.63) is 47.5 Å². The van der Waals surface area contributed by atoms with Crippen molar-refractivity contribution in [2.24, 2.45) is 0 Å². The molecular weight excluding hydrogens is 420 g/mol. The second-order valence-corrected chi connectivity index (χ2v) is 9.10. The molecule has 0 saturated heterocycles. The monoisotopic (exact) mass is 450 g/mol. The zero-order valence-corrected chi connectivity index (χ0v) is 19.6. The first-order chi connectivity index (χ1) is 14.6. The van der Waals surface area contributed by atoms with E-state index in [4.69, 9.17) is 14.2 Å². The van der Waals surface area contributed by atoms with Gasteiger partial charge in [-0.25, -0.2) is 8.42 Å². The van der Waals surface area contributed by atoms with Gasteiger partial charge in [0.2, 0.25) is 15.9 Å². The van der Waals surface area contributed by atoms with Gasteiger partial charge in [0, 0.05) is 6.07 Å². The van der Waals surface area contributed by atoms with Crippen molar-refractivity contribution in [3.8, 4) is 17.2 Å². The van der Waals surface area contributed by atoms with Crippen LogP contribution in [0.2, 0.25) is 0 Å². The van der Waals surface area contributed by atoms with Crippen LogP contribution in [-0.4, -0.2) is 54.0 Å². The largest absolute Gasteiger partial charge is 0.493 e. The molecule has 1 unspecified atom stereocenters. The van der Waals surface area contributed by atoms with Gasteiger partial charge in [-0.05, 0) is 56.2 Å². The van der Waals surface area contributed by atoms with E-state index in [9.17, 15) is 13.2 Å². The number of carbonyl (C=O) groups excluding carboxylic acids is 1. The average molecular weight is 451 g/mol. The third-order valence-electron chi connectivity index (χ3n) is 4.58. The summed E-state index contributed by atoms with van der Waals surface area (Å²) < 4.78 is 42.1. The van der Waals surface area contributed by atoms with E-state index in [1.165, 1.54) is 27.2 Å². The molecule has 0 aliphatic heterocycles. The van der Waals surface area contributed by atoms with E-state index in [0.717, 1.165) is 27.4 Å². The van der Waals surface area contributed by atoms with Crippen LogP contribution in [0, 0.1) is 13.8 Å². The van der Waals surface area contributed by atoms with E-state index in [0.29, 0.717) is 17.2 Å². The lowest BCUT2D eigenvalue weighted by molar-refractivity contribution is -0.121. The third kappa shape index (κ3) is 6.52. The molecule has 0 aliphatic rings. The molecular formula is C22H30N2O6S. The zero-order chi connectivity index (χ0) is 23.2. The summed E-state index contributed by atoms with van der Waals surface area (Å²) in [6.07, 6.45) is 1.05. The first-order valence-electron chi connectivity index (χ1n) is 9.77. The van der Waals surface area contributed by atoms with E-state index in [2.05, 4.69) is 5.32 Å². The molecule has 0 aromatic heterocycles. The summed E-state index contributed by atoms with van der Waals surface area (Å²) in [5.74, 6) is 1.11. The number of sulfonamides is 1. The van der Waals surface area contributed by atoms with Crippen molar-refractivity contribution in [2.45, 2.75) is 26.8 Å². The lowest BCUT2D eigenvalue weighted by Crippen LogP contribution is -2.48. The Kier molecular flexibility index (Phi) is 8.15. The van der Waals surface area contributed by atoms with Gasteiger partial charge in [-0.3, -0.25) is 9.10 Å². The molecule has 2 aromatic carbocycles. The molecule has 0 saturated carbocycles. The minimum absolute atomic E-state index is 0.236. The quantitative estimate of drug-likeness (QED) is 0.560. The Morgan fingerprint density at radius 1 is 1.03 bits per heavy atom. The minimum atomic E-state index is -3.75. The standard InChI is InChI=1S/C22H30N2O6S/c1-15-11-16(2)13-19(12-15)30-10-9-23-22(25)17(3)24(31(6,26)27)18-7-8-20(28-4)21(14-18)29-5/h7-8,11-14,17H,9-10H2,1-6H3,(H,23,25). The number of benzene rings is 2. The summed E-state index contributed by atoms with van der Waals surface area (Å²) in [6.45, 7) is 5.99. The average Bonchev–Trinajstić information content (AvgIpc) is 2.69. The number of rotatable bonds is 10. The summed E-state index contributed by atoms with van der Waals surface area (Å²) >= 11 is 0. The van der Waals surface area contributed by atoms with Gasteiger partial charge in [-0.15, -0.1) is 0 Å². The molecule has 0 fully saturated rings. The first kappa shape index (κ1) is 24.3. The Morgan fingerprint density at radius 2 is 1.65 bits per heavy atom. The fraction of sp³-hybridized carbons (Fsp3) is 0.409. The Labute approximate surface area is 184 Å². The number of amides is 1. The topological polar surface area (TPSA) is 94.2 Å². The van der Waals surface area contributed by atoms with Crippen LogP contribution in [0.25, 0.3) is 0 Å². The molecule has 9 heteroatoms. The van der Waals surface area contributed by atoms with Crippen LogP contribution in [-0.2, 0) is 14.8 Å². The van der Waals surface area contributed by atoms with E-state index in [1.54, 1.807) is 12.1 Å².